The fourth-order valence-electron chi connectivity index (χ4n) is 2.54. The Balaban J connectivity index is 1.58. The van der Waals surface area contributed by atoms with Gasteiger partial charge in [0.25, 0.3) is 0 Å². The summed E-state index contributed by atoms with van der Waals surface area (Å²) in [5.74, 6) is 0.421. The fourth-order valence-corrected chi connectivity index (χ4v) is 2.54. The van der Waals surface area contributed by atoms with Crippen LogP contribution in [0.5, 0.6) is 0 Å². The molecule has 1 saturated carbocycles. The summed E-state index contributed by atoms with van der Waals surface area (Å²) in [4.78, 5) is 27.7. The molecule has 21 heavy (non-hydrogen) atoms. The van der Waals surface area contributed by atoms with Crippen LogP contribution in [0.25, 0.3) is 0 Å². The number of benzene rings is 1. The van der Waals surface area contributed by atoms with Gasteiger partial charge < -0.3 is 15.1 Å². The first kappa shape index (κ1) is 13.9. The lowest BCUT2D eigenvalue weighted by Crippen LogP contribution is -2.36. The molecule has 1 aliphatic carbocycles. The quantitative estimate of drug-likeness (QED) is 0.907. The molecule has 1 aromatic rings. The zero-order chi connectivity index (χ0) is 15.0. The first-order valence-corrected chi connectivity index (χ1v) is 7.46. The molecule has 1 heterocycles. The Bertz CT molecular complexity index is 581. The lowest BCUT2D eigenvalue weighted by molar-refractivity contribution is -0.131. The van der Waals surface area contributed by atoms with Crippen LogP contribution in [0.15, 0.2) is 18.2 Å². The van der Waals surface area contributed by atoms with Crippen LogP contribution in [0.4, 0.5) is 10.5 Å². The van der Waals surface area contributed by atoms with Crippen molar-refractivity contribution in [2.75, 3.05) is 25.1 Å². The van der Waals surface area contributed by atoms with E-state index < -0.39 is 0 Å². The lowest BCUT2D eigenvalue weighted by Gasteiger charge is -2.19. The van der Waals surface area contributed by atoms with Gasteiger partial charge in [-0.3, -0.25) is 4.79 Å². The zero-order valence-corrected chi connectivity index (χ0v) is 12.6. The first-order valence-electron chi connectivity index (χ1n) is 7.46. The van der Waals surface area contributed by atoms with Gasteiger partial charge in [0.1, 0.15) is 0 Å². The molecule has 0 unspecified atom stereocenters. The predicted octanol–water partition coefficient (Wildman–Crippen LogP) is 2.35. The van der Waals surface area contributed by atoms with Crippen molar-refractivity contribution in [3.63, 3.8) is 0 Å². The average molecular weight is 287 g/mol. The first-order chi connectivity index (χ1) is 10.0. The van der Waals surface area contributed by atoms with Gasteiger partial charge in [0.05, 0.1) is 6.67 Å². The molecule has 2 fully saturated rings. The number of nitrogens with zero attached hydrogens (tertiary/aromatic N) is 2. The molecule has 0 spiro atoms. The number of hydrogen-bond acceptors (Lipinski definition) is 2. The molecule has 0 aromatic heterocycles. The van der Waals surface area contributed by atoms with Crippen molar-refractivity contribution in [1.82, 2.24) is 9.80 Å². The van der Waals surface area contributed by atoms with Crippen LogP contribution in [0.3, 0.4) is 0 Å². The Hall–Kier alpha value is -2.04. The van der Waals surface area contributed by atoms with E-state index in [4.69, 9.17) is 0 Å². The zero-order valence-electron chi connectivity index (χ0n) is 12.6. The number of carbonyl (C=O) groups excluding carboxylic acids is 2. The average Bonchev–Trinajstić information content (AvgIpc) is 3.19. The van der Waals surface area contributed by atoms with E-state index in [9.17, 15) is 9.59 Å². The molecule has 112 valence electrons. The van der Waals surface area contributed by atoms with Gasteiger partial charge in [-0.05, 0) is 49.9 Å². The Morgan fingerprint density at radius 3 is 2.48 bits per heavy atom. The Morgan fingerprint density at radius 2 is 1.81 bits per heavy atom. The van der Waals surface area contributed by atoms with Crippen molar-refractivity contribution in [3.8, 4) is 0 Å². The van der Waals surface area contributed by atoms with E-state index in [2.05, 4.69) is 5.32 Å². The summed E-state index contributed by atoms with van der Waals surface area (Å²) in [6.07, 6.45) is 2.01. The highest BCUT2D eigenvalue weighted by Crippen LogP contribution is 2.31. The summed E-state index contributed by atoms with van der Waals surface area (Å²) in [7, 11) is 0. The summed E-state index contributed by atoms with van der Waals surface area (Å²) >= 11 is 0. The SMILES string of the molecule is Cc1ccc(NC(=O)N2CCN(C(=O)C3CC3)C2)cc1C. The van der Waals surface area contributed by atoms with E-state index in [1.165, 1.54) is 5.56 Å². The molecule has 0 atom stereocenters. The molecule has 0 bridgehead atoms. The number of aryl methyl sites for hydroxylation is 2. The second-order valence-electron chi connectivity index (χ2n) is 6.01. The van der Waals surface area contributed by atoms with E-state index in [1.54, 1.807) is 9.80 Å². The summed E-state index contributed by atoms with van der Waals surface area (Å²) < 4.78 is 0. The van der Waals surface area contributed by atoms with E-state index in [1.807, 2.05) is 32.0 Å². The van der Waals surface area contributed by atoms with Gasteiger partial charge in [-0.15, -0.1) is 0 Å². The second-order valence-corrected chi connectivity index (χ2v) is 6.01. The third-order valence-electron chi connectivity index (χ3n) is 4.26. The van der Waals surface area contributed by atoms with E-state index in [-0.39, 0.29) is 17.9 Å². The number of anilines is 1. The van der Waals surface area contributed by atoms with Crippen LogP contribution < -0.4 is 5.32 Å². The van der Waals surface area contributed by atoms with Crippen molar-refractivity contribution in [3.05, 3.63) is 29.3 Å². The van der Waals surface area contributed by atoms with Crippen LogP contribution >= 0.6 is 0 Å². The summed E-state index contributed by atoms with van der Waals surface area (Å²) in [6.45, 7) is 5.73. The fraction of sp³-hybridized carbons (Fsp3) is 0.500. The Morgan fingerprint density at radius 1 is 1.10 bits per heavy atom. The topological polar surface area (TPSA) is 52.7 Å². The van der Waals surface area contributed by atoms with Gasteiger partial charge >= 0.3 is 6.03 Å². The van der Waals surface area contributed by atoms with Crippen LogP contribution in [-0.4, -0.2) is 41.5 Å². The molecule has 2 aliphatic rings. The summed E-state index contributed by atoms with van der Waals surface area (Å²) in [5, 5.41) is 2.91. The number of hydrogen-bond donors (Lipinski definition) is 1. The van der Waals surface area contributed by atoms with Gasteiger partial charge in [-0.2, -0.15) is 0 Å². The molecule has 3 amide bonds. The molecule has 0 radical (unpaired) electrons. The summed E-state index contributed by atoms with van der Waals surface area (Å²) in [6, 6.07) is 5.74. The van der Waals surface area contributed by atoms with Gasteiger partial charge in [0, 0.05) is 24.7 Å². The molecule has 3 rings (SSSR count). The highest BCUT2D eigenvalue weighted by molar-refractivity contribution is 5.90. The van der Waals surface area contributed by atoms with Gasteiger partial charge in [0.15, 0.2) is 0 Å². The molecule has 1 saturated heterocycles. The highest BCUT2D eigenvalue weighted by atomic mass is 16.2. The normalized spacial score (nSPS) is 18.0. The largest absolute Gasteiger partial charge is 0.323 e. The molecule has 5 heteroatoms. The number of amides is 3. The maximum absolute atomic E-state index is 12.2. The predicted molar refractivity (Wildman–Crippen MR) is 80.9 cm³/mol. The van der Waals surface area contributed by atoms with Crippen molar-refractivity contribution < 1.29 is 9.59 Å². The van der Waals surface area contributed by atoms with Crippen molar-refractivity contribution >= 4 is 17.6 Å². The third-order valence-corrected chi connectivity index (χ3v) is 4.26. The Labute approximate surface area is 124 Å². The minimum atomic E-state index is -0.135. The number of nitrogens with one attached hydrogen (secondary N) is 1. The highest BCUT2D eigenvalue weighted by Gasteiger charge is 2.36. The molecule has 1 aromatic carbocycles. The van der Waals surface area contributed by atoms with Gasteiger partial charge in [0.2, 0.25) is 5.91 Å². The Kier molecular flexibility index (Phi) is 3.57. The van der Waals surface area contributed by atoms with Gasteiger partial charge in [-0.25, -0.2) is 4.79 Å². The van der Waals surface area contributed by atoms with Crippen molar-refractivity contribution in [2.45, 2.75) is 26.7 Å². The van der Waals surface area contributed by atoms with E-state index in [0.717, 1.165) is 24.1 Å². The second kappa shape index (κ2) is 5.39. The monoisotopic (exact) mass is 287 g/mol. The molecule has 1 aliphatic heterocycles. The van der Waals surface area contributed by atoms with E-state index in [0.29, 0.717) is 19.8 Å². The van der Waals surface area contributed by atoms with Crippen LogP contribution in [0.1, 0.15) is 24.0 Å². The molecular formula is C16H21N3O2. The number of carbonyl (C=O) groups is 2. The molecule has 5 nitrogen and oxygen atoms in total. The number of rotatable bonds is 2. The molecular weight excluding hydrogens is 266 g/mol. The third kappa shape index (κ3) is 3.01. The van der Waals surface area contributed by atoms with Crippen molar-refractivity contribution in [2.24, 2.45) is 5.92 Å². The maximum Gasteiger partial charge on any atom is 0.323 e. The minimum Gasteiger partial charge on any atom is -0.323 e. The van der Waals surface area contributed by atoms with Crippen molar-refractivity contribution in [1.29, 1.82) is 0 Å². The van der Waals surface area contributed by atoms with E-state index >= 15 is 0 Å². The minimum absolute atomic E-state index is 0.135. The summed E-state index contributed by atoms with van der Waals surface area (Å²) in [5.41, 5.74) is 3.16. The maximum atomic E-state index is 12.2. The lowest BCUT2D eigenvalue weighted by atomic mass is 10.1. The van der Waals surface area contributed by atoms with Gasteiger partial charge in [-0.1, -0.05) is 6.07 Å². The van der Waals surface area contributed by atoms with Crippen LogP contribution in [0, 0.1) is 19.8 Å². The van der Waals surface area contributed by atoms with Crippen LogP contribution in [-0.2, 0) is 4.79 Å². The smallest absolute Gasteiger partial charge is 0.323 e. The molecule has 1 N–H and O–H groups in total. The number of urea groups is 1. The van der Waals surface area contributed by atoms with Crippen LogP contribution in [0.2, 0.25) is 0 Å². The standard InChI is InChI=1S/C16H21N3O2/c1-11-3-6-14(9-12(11)2)17-16(21)19-8-7-18(10-19)15(20)13-4-5-13/h3,6,9,13H,4-5,7-8,10H2,1-2H3,(H,17,21).